The van der Waals surface area contributed by atoms with Crippen LogP contribution in [0, 0.1) is 6.92 Å². The normalized spacial score (nSPS) is 13.6. The lowest BCUT2D eigenvalue weighted by atomic mass is 10.2. The summed E-state index contributed by atoms with van der Waals surface area (Å²) in [4.78, 5) is 13.5. The summed E-state index contributed by atoms with van der Waals surface area (Å²) in [6.45, 7) is 4.02. The topological polar surface area (TPSA) is 84.9 Å². The van der Waals surface area contributed by atoms with Crippen molar-refractivity contribution < 1.29 is 22.7 Å². The summed E-state index contributed by atoms with van der Waals surface area (Å²) >= 11 is 0. The molecule has 1 aliphatic rings. The van der Waals surface area contributed by atoms with E-state index >= 15 is 0 Å². The minimum atomic E-state index is -3.77. The van der Waals surface area contributed by atoms with Crippen LogP contribution in [-0.4, -0.2) is 34.6 Å². The molecule has 0 atom stereocenters. The van der Waals surface area contributed by atoms with Crippen molar-refractivity contribution in [1.82, 2.24) is 0 Å². The van der Waals surface area contributed by atoms with E-state index < -0.39 is 10.0 Å². The zero-order valence-electron chi connectivity index (χ0n) is 14.8. The number of benzene rings is 2. The molecule has 8 heteroatoms. The highest BCUT2D eigenvalue weighted by Crippen LogP contribution is 2.35. The monoisotopic (exact) mass is 376 g/mol. The van der Waals surface area contributed by atoms with Gasteiger partial charge in [0.25, 0.3) is 10.0 Å². The fraction of sp³-hybridized carbons (Fsp3) is 0.278. The standard InChI is InChI=1S/C18H20N2O5S/c1-12-10-15(24-3)5-7-18(12)26(22,23)19-14-4-6-16-17(11-14)25-9-8-20(16)13(2)21/h4-7,10-11,19H,8-9H2,1-3H3. The number of sulfonamides is 1. The molecule has 0 radical (unpaired) electrons. The number of aryl methyl sites for hydroxylation is 1. The van der Waals surface area contributed by atoms with E-state index in [1.54, 1.807) is 42.2 Å². The third-order valence-corrected chi connectivity index (χ3v) is 5.67. The van der Waals surface area contributed by atoms with Gasteiger partial charge in [0, 0.05) is 13.0 Å². The van der Waals surface area contributed by atoms with E-state index in [2.05, 4.69) is 4.72 Å². The first kappa shape index (κ1) is 18.1. The number of hydrogen-bond donors (Lipinski definition) is 1. The largest absolute Gasteiger partial charge is 0.497 e. The van der Waals surface area contributed by atoms with Crippen molar-refractivity contribution in [2.75, 3.05) is 29.9 Å². The summed E-state index contributed by atoms with van der Waals surface area (Å²) in [6, 6.07) is 9.63. The van der Waals surface area contributed by atoms with Gasteiger partial charge in [0.05, 0.1) is 29.9 Å². The lowest BCUT2D eigenvalue weighted by Gasteiger charge is -2.29. The van der Waals surface area contributed by atoms with Gasteiger partial charge in [-0.2, -0.15) is 0 Å². The Hall–Kier alpha value is -2.74. The van der Waals surface area contributed by atoms with Gasteiger partial charge >= 0.3 is 0 Å². The van der Waals surface area contributed by atoms with Crippen molar-refractivity contribution in [3.05, 3.63) is 42.0 Å². The number of ether oxygens (including phenoxy) is 2. The zero-order chi connectivity index (χ0) is 18.9. The molecular weight excluding hydrogens is 356 g/mol. The van der Waals surface area contributed by atoms with Crippen LogP contribution in [0.5, 0.6) is 11.5 Å². The number of carbonyl (C=O) groups excluding carboxylic acids is 1. The van der Waals surface area contributed by atoms with Crippen LogP contribution in [0.25, 0.3) is 0 Å². The Bertz CT molecular complexity index is 956. The van der Waals surface area contributed by atoms with Crippen LogP contribution in [0.15, 0.2) is 41.3 Å². The number of anilines is 2. The van der Waals surface area contributed by atoms with Gasteiger partial charge in [0.1, 0.15) is 18.1 Å². The second-order valence-corrected chi connectivity index (χ2v) is 7.59. The molecule has 0 spiro atoms. The molecule has 1 heterocycles. The molecule has 2 aromatic rings. The maximum atomic E-state index is 12.7. The van der Waals surface area contributed by atoms with E-state index in [0.29, 0.717) is 41.6 Å². The number of nitrogens with zero attached hydrogens (tertiary/aromatic N) is 1. The zero-order valence-corrected chi connectivity index (χ0v) is 15.6. The van der Waals surface area contributed by atoms with Crippen molar-refractivity contribution in [2.24, 2.45) is 0 Å². The number of methoxy groups -OCH3 is 1. The van der Waals surface area contributed by atoms with E-state index in [1.807, 2.05) is 0 Å². The molecule has 2 aromatic carbocycles. The number of nitrogens with one attached hydrogen (secondary N) is 1. The second-order valence-electron chi connectivity index (χ2n) is 5.94. The number of carbonyl (C=O) groups is 1. The lowest BCUT2D eigenvalue weighted by molar-refractivity contribution is -0.116. The third kappa shape index (κ3) is 3.45. The summed E-state index contributed by atoms with van der Waals surface area (Å²) in [5.41, 5.74) is 1.57. The lowest BCUT2D eigenvalue weighted by Crippen LogP contribution is -2.36. The van der Waals surface area contributed by atoms with Crippen molar-refractivity contribution in [3.63, 3.8) is 0 Å². The minimum Gasteiger partial charge on any atom is -0.497 e. The highest BCUT2D eigenvalue weighted by Gasteiger charge is 2.23. The number of hydrogen-bond acceptors (Lipinski definition) is 5. The van der Waals surface area contributed by atoms with Gasteiger partial charge in [0.2, 0.25) is 5.91 Å². The van der Waals surface area contributed by atoms with Gasteiger partial charge in [-0.25, -0.2) is 8.42 Å². The average molecular weight is 376 g/mol. The molecule has 7 nitrogen and oxygen atoms in total. The van der Waals surface area contributed by atoms with Crippen LogP contribution < -0.4 is 19.1 Å². The number of amides is 1. The number of rotatable bonds is 4. The van der Waals surface area contributed by atoms with Crippen molar-refractivity contribution in [1.29, 1.82) is 0 Å². The molecule has 138 valence electrons. The van der Waals surface area contributed by atoms with Crippen LogP contribution in [0.4, 0.5) is 11.4 Å². The Morgan fingerprint density at radius 2 is 2.00 bits per heavy atom. The van der Waals surface area contributed by atoms with E-state index in [0.717, 1.165) is 0 Å². The summed E-state index contributed by atoms with van der Waals surface area (Å²) in [5, 5.41) is 0. The molecule has 0 saturated carbocycles. The Labute approximate surface area is 152 Å². The fourth-order valence-corrected chi connectivity index (χ4v) is 4.15. The van der Waals surface area contributed by atoms with Crippen LogP contribution in [-0.2, 0) is 14.8 Å². The van der Waals surface area contributed by atoms with Crippen LogP contribution in [0.3, 0.4) is 0 Å². The molecular formula is C18H20N2O5S. The first-order valence-corrected chi connectivity index (χ1v) is 9.52. The van der Waals surface area contributed by atoms with Gasteiger partial charge in [-0.3, -0.25) is 9.52 Å². The van der Waals surface area contributed by atoms with Gasteiger partial charge < -0.3 is 14.4 Å². The van der Waals surface area contributed by atoms with Gasteiger partial charge in [-0.05, 0) is 42.8 Å². The minimum absolute atomic E-state index is 0.0864. The SMILES string of the molecule is COc1ccc(S(=O)(=O)Nc2ccc3c(c2)OCCN3C(C)=O)c(C)c1. The van der Waals surface area contributed by atoms with Crippen LogP contribution >= 0.6 is 0 Å². The summed E-state index contributed by atoms with van der Waals surface area (Å²) in [5.74, 6) is 0.975. The third-order valence-electron chi connectivity index (χ3n) is 4.13. The van der Waals surface area contributed by atoms with E-state index in [-0.39, 0.29) is 10.8 Å². The van der Waals surface area contributed by atoms with Crippen molar-refractivity contribution >= 4 is 27.3 Å². The van der Waals surface area contributed by atoms with Crippen LogP contribution in [0.1, 0.15) is 12.5 Å². The molecule has 0 unspecified atom stereocenters. The summed E-state index contributed by atoms with van der Waals surface area (Å²) in [6.07, 6.45) is 0. The first-order valence-electron chi connectivity index (χ1n) is 8.04. The number of fused-ring (bicyclic) bond motifs is 1. The van der Waals surface area contributed by atoms with E-state index in [4.69, 9.17) is 9.47 Å². The fourth-order valence-electron chi connectivity index (χ4n) is 2.87. The Balaban J connectivity index is 1.90. The molecule has 0 bridgehead atoms. The molecule has 0 saturated heterocycles. The molecule has 26 heavy (non-hydrogen) atoms. The summed E-state index contributed by atoms with van der Waals surface area (Å²) in [7, 11) is -2.24. The Kier molecular flexibility index (Phi) is 4.78. The van der Waals surface area contributed by atoms with Crippen LogP contribution in [0.2, 0.25) is 0 Å². The predicted octanol–water partition coefficient (Wildman–Crippen LogP) is 2.55. The van der Waals surface area contributed by atoms with Gasteiger partial charge in [-0.15, -0.1) is 0 Å². The predicted molar refractivity (Wildman–Crippen MR) is 98.5 cm³/mol. The molecule has 1 amide bonds. The average Bonchev–Trinajstić information content (AvgIpc) is 2.60. The molecule has 0 aliphatic carbocycles. The van der Waals surface area contributed by atoms with Gasteiger partial charge in [0.15, 0.2) is 0 Å². The Morgan fingerprint density at radius 1 is 1.23 bits per heavy atom. The van der Waals surface area contributed by atoms with Crippen molar-refractivity contribution in [3.8, 4) is 11.5 Å². The smallest absolute Gasteiger partial charge is 0.262 e. The second kappa shape index (κ2) is 6.87. The highest BCUT2D eigenvalue weighted by atomic mass is 32.2. The summed E-state index contributed by atoms with van der Waals surface area (Å²) < 4.78 is 38.6. The van der Waals surface area contributed by atoms with Gasteiger partial charge in [-0.1, -0.05) is 0 Å². The Morgan fingerprint density at radius 3 is 2.65 bits per heavy atom. The maximum absolute atomic E-state index is 12.7. The van der Waals surface area contributed by atoms with Crippen molar-refractivity contribution in [2.45, 2.75) is 18.7 Å². The molecule has 3 rings (SSSR count). The molecule has 0 aromatic heterocycles. The van der Waals surface area contributed by atoms with E-state index in [1.165, 1.54) is 20.1 Å². The molecule has 0 fully saturated rings. The maximum Gasteiger partial charge on any atom is 0.262 e. The molecule has 1 aliphatic heterocycles. The first-order chi connectivity index (χ1) is 12.3. The highest BCUT2D eigenvalue weighted by molar-refractivity contribution is 7.92. The van der Waals surface area contributed by atoms with E-state index in [9.17, 15) is 13.2 Å². The quantitative estimate of drug-likeness (QED) is 0.886. The molecule has 1 N–H and O–H groups in total.